The largest absolute Gasteiger partial charge is 0.444 e. The zero-order valence-electron chi connectivity index (χ0n) is 13.1. The van der Waals surface area contributed by atoms with E-state index in [1.807, 2.05) is 20.8 Å². The molecule has 22 heavy (non-hydrogen) atoms. The van der Waals surface area contributed by atoms with Crippen LogP contribution in [0.15, 0.2) is 18.2 Å². The van der Waals surface area contributed by atoms with Crippen LogP contribution in [-0.2, 0) is 4.74 Å². The zero-order chi connectivity index (χ0) is 16.5. The lowest BCUT2D eigenvalue weighted by Gasteiger charge is -2.25. The SMILES string of the molecule is CC(C)(C)OC(=O)N1CC[C@@H](C(N)c2ccc(F)c(Cl)c2)C1. The third-order valence-electron chi connectivity index (χ3n) is 3.71. The summed E-state index contributed by atoms with van der Waals surface area (Å²) in [5.74, 6) is -0.353. The Morgan fingerprint density at radius 3 is 2.77 bits per heavy atom. The standard InChI is InChI=1S/C16H22ClFN2O2/c1-16(2,3)22-15(21)20-7-6-11(9-20)14(19)10-4-5-13(18)12(17)8-10/h4-5,8,11,14H,6-7,9,19H2,1-3H3/t11-,14?/m1/s1. The number of carbonyl (C=O) groups excluding carboxylic acids is 1. The normalized spacial score (nSPS) is 20.1. The number of ether oxygens (including phenoxy) is 1. The van der Waals surface area contributed by atoms with E-state index in [2.05, 4.69) is 0 Å². The summed E-state index contributed by atoms with van der Waals surface area (Å²) in [6.07, 6.45) is 0.467. The molecule has 2 atom stereocenters. The van der Waals surface area contributed by atoms with Gasteiger partial charge in [0, 0.05) is 19.1 Å². The molecule has 1 aromatic carbocycles. The Morgan fingerprint density at radius 2 is 2.18 bits per heavy atom. The predicted octanol–water partition coefficient (Wildman–Crippen LogP) is 3.74. The van der Waals surface area contributed by atoms with Crippen LogP contribution in [0.5, 0.6) is 0 Å². The lowest BCUT2D eigenvalue weighted by atomic mass is 9.93. The first-order valence-corrected chi connectivity index (χ1v) is 7.73. The molecule has 4 nitrogen and oxygen atoms in total. The maximum atomic E-state index is 13.2. The lowest BCUT2D eigenvalue weighted by Crippen LogP contribution is -2.36. The van der Waals surface area contributed by atoms with Gasteiger partial charge in [0.05, 0.1) is 5.02 Å². The van der Waals surface area contributed by atoms with E-state index in [1.165, 1.54) is 6.07 Å². The highest BCUT2D eigenvalue weighted by molar-refractivity contribution is 6.30. The molecule has 0 bridgehead atoms. The van der Waals surface area contributed by atoms with Crippen LogP contribution < -0.4 is 5.73 Å². The van der Waals surface area contributed by atoms with Crippen molar-refractivity contribution < 1.29 is 13.9 Å². The molecule has 0 radical (unpaired) electrons. The van der Waals surface area contributed by atoms with Crippen molar-refractivity contribution in [3.05, 3.63) is 34.6 Å². The van der Waals surface area contributed by atoms with Gasteiger partial charge in [-0.2, -0.15) is 0 Å². The van der Waals surface area contributed by atoms with Crippen molar-refractivity contribution in [2.24, 2.45) is 11.7 Å². The fraction of sp³-hybridized carbons (Fsp3) is 0.562. The fourth-order valence-corrected chi connectivity index (χ4v) is 2.75. The van der Waals surface area contributed by atoms with Gasteiger partial charge in [0.1, 0.15) is 11.4 Å². The second-order valence-corrected chi connectivity index (χ2v) is 7.08. The number of amides is 1. The van der Waals surface area contributed by atoms with Crippen molar-refractivity contribution in [2.75, 3.05) is 13.1 Å². The Bertz CT molecular complexity index is 560. The lowest BCUT2D eigenvalue weighted by molar-refractivity contribution is 0.0286. The Morgan fingerprint density at radius 1 is 1.50 bits per heavy atom. The second kappa shape index (κ2) is 6.42. The molecule has 1 amide bonds. The quantitative estimate of drug-likeness (QED) is 0.899. The van der Waals surface area contributed by atoms with Gasteiger partial charge in [-0.1, -0.05) is 17.7 Å². The minimum absolute atomic E-state index is 0.0648. The summed E-state index contributed by atoms with van der Waals surface area (Å²) < 4.78 is 18.6. The zero-order valence-corrected chi connectivity index (χ0v) is 13.9. The predicted molar refractivity (Wildman–Crippen MR) is 84.3 cm³/mol. The first-order chi connectivity index (χ1) is 10.2. The molecule has 1 aromatic rings. The molecule has 1 saturated heterocycles. The average molecular weight is 329 g/mol. The molecule has 122 valence electrons. The van der Waals surface area contributed by atoms with Gasteiger partial charge >= 0.3 is 6.09 Å². The number of carbonyl (C=O) groups is 1. The molecule has 1 heterocycles. The van der Waals surface area contributed by atoms with E-state index in [0.29, 0.717) is 13.1 Å². The van der Waals surface area contributed by atoms with Gasteiger partial charge < -0.3 is 15.4 Å². The second-order valence-electron chi connectivity index (χ2n) is 6.67. The molecule has 0 aromatic heterocycles. The van der Waals surface area contributed by atoms with Crippen molar-refractivity contribution in [3.63, 3.8) is 0 Å². The van der Waals surface area contributed by atoms with Gasteiger partial charge in [-0.25, -0.2) is 9.18 Å². The molecular weight excluding hydrogens is 307 g/mol. The Balaban J connectivity index is 2.00. The highest BCUT2D eigenvalue weighted by Crippen LogP contribution is 2.30. The summed E-state index contributed by atoms with van der Waals surface area (Å²) >= 11 is 5.80. The van der Waals surface area contributed by atoms with E-state index >= 15 is 0 Å². The number of hydrogen-bond acceptors (Lipinski definition) is 3. The third kappa shape index (κ3) is 4.11. The fourth-order valence-electron chi connectivity index (χ4n) is 2.56. The number of benzene rings is 1. The van der Waals surface area contributed by atoms with Crippen LogP contribution in [0.3, 0.4) is 0 Å². The molecule has 6 heteroatoms. The van der Waals surface area contributed by atoms with E-state index in [9.17, 15) is 9.18 Å². The maximum absolute atomic E-state index is 13.2. The number of likely N-dealkylation sites (tertiary alicyclic amines) is 1. The number of nitrogens with two attached hydrogens (primary N) is 1. The summed E-state index contributed by atoms with van der Waals surface area (Å²) in [5.41, 5.74) is 6.52. The van der Waals surface area contributed by atoms with Crippen LogP contribution in [0.4, 0.5) is 9.18 Å². The number of halogens is 2. The maximum Gasteiger partial charge on any atom is 0.410 e. The molecule has 0 spiro atoms. The molecular formula is C16H22ClFN2O2. The van der Waals surface area contributed by atoms with Crippen LogP contribution in [0.2, 0.25) is 5.02 Å². The van der Waals surface area contributed by atoms with E-state index in [-0.39, 0.29) is 23.1 Å². The number of hydrogen-bond donors (Lipinski definition) is 1. The first kappa shape index (κ1) is 17.0. The molecule has 1 fully saturated rings. The number of rotatable bonds is 2. The van der Waals surface area contributed by atoms with E-state index in [1.54, 1.807) is 17.0 Å². The topological polar surface area (TPSA) is 55.6 Å². The van der Waals surface area contributed by atoms with E-state index in [4.69, 9.17) is 22.1 Å². The van der Waals surface area contributed by atoms with Gasteiger partial charge in [0.25, 0.3) is 0 Å². The molecule has 0 aliphatic carbocycles. The van der Waals surface area contributed by atoms with Gasteiger partial charge in [0.15, 0.2) is 0 Å². The summed E-state index contributed by atoms with van der Waals surface area (Å²) in [7, 11) is 0. The molecule has 1 aliphatic rings. The van der Waals surface area contributed by atoms with E-state index in [0.717, 1.165) is 12.0 Å². The van der Waals surface area contributed by atoms with Crippen molar-refractivity contribution in [1.29, 1.82) is 0 Å². The minimum Gasteiger partial charge on any atom is -0.444 e. The molecule has 1 aliphatic heterocycles. The van der Waals surface area contributed by atoms with Gasteiger partial charge in [-0.05, 0) is 50.8 Å². The van der Waals surface area contributed by atoms with E-state index < -0.39 is 11.4 Å². The smallest absolute Gasteiger partial charge is 0.410 e. The van der Waals surface area contributed by atoms with Crippen LogP contribution >= 0.6 is 11.6 Å². The highest BCUT2D eigenvalue weighted by atomic mass is 35.5. The molecule has 2 rings (SSSR count). The summed E-state index contributed by atoms with van der Waals surface area (Å²) in [6, 6.07) is 4.23. The first-order valence-electron chi connectivity index (χ1n) is 7.36. The molecule has 2 N–H and O–H groups in total. The van der Waals surface area contributed by atoms with Crippen molar-refractivity contribution >= 4 is 17.7 Å². The Hall–Kier alpha value is -1.33. The van der Waals surface area contributed by atoms with Crippen molar-refractivity contribution in [3.8, 4) is 0 Å². The van der Waals surface area contributed by atoms with Crippen LogP contribution in [0, 0.1) is 11.7 Å². The van der Waals surface area contributed by atoms with Gasteiger partial charge in [-0.3, -0.25) is 0 Å². The van der Waals surface area contributed by atoms with Crippen LogP contribution in [0.1, 0.15) is 38.8 Å². The monoisotopic (exact) mass is 328 g/mol. The number of nitrogens with zero attached hydrogens (tertiary/aromatic N) is 1. The summed E-state index contributed by atoms with van der Waals surface area (Å²) in [5, 5.41) is 0.0648. The Kier molecular flexibility index (Phi) is 4.97. The third-order valence-corrected chi connectivity index (χ3v) is 4.00. The minimum atomic E-state index is -0.512. The van der Waals surface area contributed by atoms with Gasteiger partial charge in [0.2, 0.25) is 0 Å². The van der Waals surface area contributed by atoms with Crippen molar-refractivity contribution in [2.45, 2.75) is 38.8 Å². The van der Waals surface area contributed by atoms with Crippen LogP contribution in [0.25, 0.3) is 0 Å². The van der Waals surface area contributed by atoms with Gasteiger partial charge in [-0.15, -0.1) is 0 Å². The summed E-state index contributed by atoms with van der Waals surface area (Å²) in [6.45, 7) is 6.66. The van der Waals surface area contributed by atoms with Crippen LogP contribution in [-0.4, -0.2) is 29.7 Å². The summed E-state index contributed by atoms with van der Waals surface area (Å²) in [4.78, 5) is 13.7. The molecule has 0 saturated carbocycles. The van der Waals surface area contributed by atoms with Crippen molar-refractivity contribution in [1.82, 2.24) is 4.90 Å². The Labute approximate surface area is 135 Å². The highest BCUT2D eigenvalue weighted by Gasteiger charge is 2.33. The average Bonchev–Trinajstić information content (AvgIpc) is 2.89. The molecule has 1 unspecified atom stereocenters.